The molecule has 4 rings (SSSR count). The van der Waals surface area contributed by atoms with Crippen molar-refractivity contribution in [3.63, 3.8) is 0 Å². The van der Waals surface area contributed by atoms with Gasteiger partial charge in [-0.2, -0.15) is 5.10 Å². The van der Waals surface area contributed by atoms with Crippen molar-refractivity contribution in [3.05, 3.63) is 36.3 Å². The fourth-order valence-corrected chi connectivity index (χ4v) is 4.39. The number of pyridine rings is 1. The van der Waals surface area contributed by atoms with E-state index >= 15 is 0 Å². The van der Waals surface area contributed by atoms with Crippen LogP contribution in [0.4, 0.5) is 0 Å². The summed E-state index contributed by atoms with van der Waals surface area (Å²) in [5.74, 6) is -0.111. The quantitative estimate of drug-likeness (QED) is 0.778. The van der Waals surface area contributed by atoms with Gasteiger partial charge in [0.15, 0.2) is 0 Å². The van der Waals surface area contributed by atoms with Gasteiger partial charge in [0.1, 0.15) is 5.69 Å². The standard InChI is InChI=1S/C22H29N5O2/c28-21(24-18-7-3-1-2-4-8-18)17-6-5-13-27(15-17)22(29)20-14-19(25-26-20)16-9-11-23-12-10-16/h9-12,14,17-18H,1-8,13,15H2,(H,24,28)(H,25,26). The number of amides is 2. The van der Waals surface area contributed by atoms with Gasteiger partial charge in [-0.3, -0.25) is 19.7 Å². The summed E-state index contributed by atoms with van der Waals surface area (Å²) >= 11 is 0. The average Bonchev–Trinajstić information content (AvgIpc) is 3.12. The van der Waals surface area contributed by atoms with Crippen LogP contribution in [-0.2, 0) is 4.79 Å². The lowest BCUT2D eigenvalue weighted by Crippen LogP contribution is -2.47. The predicted octanol–water partition coefficient (Wildman–Crippen LogP) is 3.16. The number of carbonyl (C=O) groups excluding carboxylic acids is 2. The lowest BCUT2D eigenvalue weighted by Gasteiger charge is -2.32. The fourth-order valence-electron chi connectivity index (χ4n) is 4.39. The molecule has 2 aliphatic rings. The first kappa shape index (κ1) is 19.6. The Balaban J connectivity index is 1.37. The zero-order chi connectivity index (χ0) is 20.1. The summed E-state index contributed by atoms with van der Waals surface area (Å²) in [6.07, 6.45) is 12.2. The number of aromatic nitrogens is 3. The third-order valence-electron chi connectivity index (χ3n) is 6.07. The van der Waals surface area contributed by atoms with E-state index in [1.807, 2.05) is 12.1 Å². The summed E-state index contributed by atoms with van der Waals surface area (Å²) in [6, 6.07) is 5.79. The maximum Gasteiger partial charge on any atom is 0.271 e. The van der Waals surface area contributed by atoms with Gasteiger partial charge in [-0.15, -0.1) is 0 Å². The number of aromatic amines is 1. The molecule has 2 aromatic rings. The number of carbonyl (C=O) groups is 2. The number of hydrogen-bond donors (Lipinski definition) is 2. The van der Waals surface area contributed by atoms with E-state index in [0.717, 1.165) is 36.9 Å². The minimum Gasteiger partial charge on any atom is -0.353 e. The number of rotatable bonds is 4. The first-order chi connectivity index (χ1) is 14.2. The molecule has 1 saturated heterocycles. The van der Waals surface area contributed by atoms with E-state index in [2.05, 4.69) is 20.5 Å². The summed E-state index contributed by atoms with van der Waals surface area (Å²) in [5.41, 5.74) is 2.09. The molecule has 1 saturated carbocycles. The molecule has 0 spiro atoms. The number of nitrogens with one attached hydrogen (secondary N) is 2. The number of H-pyrrole nitrogens is 1. The highest BCUT2D eigenvalue weighted by Gasteiger charge is 2.30. The molecule has 2 aromatic heterocycles. The maximum absolute atomic E-state index is 13.0. The Morgan fingerprint density at radius 2 is 1.79 bits per heavy atom. The zero-order valence-electron chi connectivity index (χ0n) is 16.8. The smallest absolute Gasteiger partial charge is 0.271 e. The SMILES string of the molecule is O=C(NC1CCCCCC1)C1CCCN(C(=O)c2cc(-c3ccncc3)n[nH]2)C1. The molecule has 3 heterocycles. The van der Waals surface area contributed by atoms with Crippen LogP contribution in [0.2, 0.25) is 0 Å². The Hall–Kier alpha value is -2.70. The normalized spacial score (nSPS) is 20.8. The molecule has 0 bridgehead atoms. The van der Waals surface area contributed by atoms with Gasteiger partial charge in [0.05, 0.1) is 11.6 Å². The second kappa shape index (κ2) is 9.20. The summed E-state index contributed by atoms with van der Waals surface area (Å²) in [7, 11) is 0. The van der Waals surface area contributed by atoms with E-state index in [-0.39, 0.29) is 17.7 Å². The number of piperidine rings is 1. The van der Waals surface area contributed by atoms with Crippen molar-refractivity contribution < 1.29 is 9.59 Å². The molecule has 1 unspecified atom stereocenters. The van der Waals surface area contributed by atoms with E-state index in [0.29, 0.717) is 24.8 Å². The number of hydrogen-bond acceptors (Lipinski definition) is 4. The summed E-state index contributed by atoms with van der Waals surface area (Å²) in [4.78, 5) is 31.5. The van der Waals surface area contributed by atoms with Gasteiger partial charge in [-0.1, -0.05) is 25.7 Å². The van der Waals surface area contributed by atoms with Crippen molar-refractivity contribution in [2.75, 3.05) is 13.1 Å². The molecule has 154 valence electrons. The van der Waals surface area contributed by atoms with E-state index < -0.39 is 0 Å². The van der Waals surface area contributed by atoms with Crippen LogP contribution in [0.1, 0.15) is 61.9 Å². The van der Waals surface area contributed by atoms with Crippen LogP contribution in [0.15, 0.2) is 30.6 Å². The predicted molar refractivity (Wildman–Crippen MR) is 110 cm³/mol. The Morgan fingerprint density at radius 1 is 1.03 bits per heavy atom. The summed E-state index contributed by atoms with van der Waals surface area (Å²) in [6.45, 7) is 1.15. The third-order valence-corrected chi connectivity index (χ3v) is 6.07. The first-order valence-electron chi connectivity index (χ1n) is 10.8. The van der Waals surface area contributed by atoms with Crippen LogP contribution in [0.25, 0.3) is 11.3 Å². The van der Waals surface area contributed by atoms with Crippen molar-refractivity contribution in [2.24, 2.45) is 5.92 Å². The molecule has 7 heteroatoms. The monoisotopic (exact) mass is 395 g/mol. The molecule has 0 aromatic carbocycles. The minimum atomic E-state index is -0.126. The van der Waals surface area contributed by atoms with Gasteiger partial charge in [0.25, 0.3) is 5.91 Å². The van der Waals surface area contributed by atoms with Gasteiger partial charge < -0.3 is 10.2 Å². The van der Waals surface area contributed by atoms with Crippen molar-refractivity contribution in [1.82, 2.24) is 25.4 Å². The van der Waals surface area contributed by atoms with E-state index in [4.69, 9.17) is 0 Å². The van der Waals surface area contributed by atoms with Crippen molar-refractivity contribution in [1.29, 1.82) is 0 Å². The molecule has 2 fully saturated rings. The second-order valence-corrected chi connectivity index (χ2v) is 8.19. The molecule has 29 heavy (non-hydrogen) atoms. The number of likely N-dealkylation sites (tertiary alicyclic amines) is 1. The average molecular weight is 396 g/mol. The molecule has 7 nitrogen and oxygen atoms in total. The van der Waals surface area contributed by atoms with Crippen LogP contribution in [0.3, 0.4) is 0 Å². The van der Waals surface area contributed by atoms with Crippen LogP contribution in [0, 0.1) is 5.92 Å². The highest BCUT2D eigenvalue weighted by Crippen LogP contribution is 2.22. The topological polar surface area (TPSA) is 91.0 Å². The third kappa shape index (κ3) is 4.83. The lowest BCUT2D eigenvalue weighted by molar-refractivity contribution is -0.127. The molecule has 1 aliphatic heterocycles. The Labute approximate surface area is 171 Å². The van der Waals surface area contributed by atoms with Crippen LogP contribution >= 0.6 is 0 Å². The molecule has 1 atom stereocenters. The summed E-state index contributed by atoms with van der Waals surface area (Å²) < 4.78 is 0. The van der Waals surface area contributed by atoms with E-state index in [1.54, 1.807) is 23.4 Å². The van der Waals surface area contributed by atoms with E-state index in [9.17, 15) is 9.59 Å². The van der Waals surface area contributed by atoms with Gasteiger partial charge in [0.2, 0.25) is 5.91 Å². The molecule has 1 aliphatic carbocycles. The zero-order valence-corrected chi connectivity index (χ0v) is 16.8. The fraction of sp³-hybridized carbons (Fsp3) is 0.545. The highest BCUT2D eigenvalue weighted by atomic mass is 16.2. The Bertz CT molecular complexity index is 827. The van der Waals surface area contributed by atoms with Crippen LogP contribution in [-0.4, -0.2) is 51.0 Å². The molecule has 2 amide bonds. The van der Waals surface area contributed by atoms with E-state index in [1.165, 1.54) is 25.7 Å². The van der Waals surface area contributed by atoms with Crippen molar-refractivity contribution >= 4 is 11.8 Å². The highest BCUT2D eigenvalue weighted by molar-refractivity contribution is 5.94. The van der Waals surface area contributed by atoms with Crippen molar-refractivity contribution in [2.45, 2.75) is 57.4 Å². The summed E-state index contributed by atoms with van der Waals surface area (Å²) in [5, 5.41) is 10.4. The largest absolute Gasteiger partial charge is 0.353 e. The van der Waals surface area contributed by atoms with Gasteiger partial charge in [-0.05, 0) is 43.9 Å². The van der Waals surface area contributed by atoms with Gasteiger partial charge in [0, 0.05) is 37.1 Å². The Morgan fingerprint density at radius 3 is 2.55 bits per heavy atom. The maximum atomic E-state index is 13.0. The van der Waals surface area contributed by atoms with Crippen LogP contribution < -0.4 is 5.32 Å². The van der Waals surface area contributed by atoms with Gasteiger partial charge in [-0.25, -0.2) is 0 Å². The minimum absolute atomic E-state index is 0.0928. The molecule has 0 radical (unpaired) electrons. The first-order valence-corrected chi connectivity index (χ1v) is 10.8. The van der Waals surface area contributed by atoms with Crippen molar-refractivity contribution in [3.8, 4) is 11.3 Å². The molecule has 2 N–H and O–H groups in total. The molecular weight excluding hydrogens is 366 g/mol. The molecular formula is C22H29N5O2. The van der Waals surface area contributed by atoms with Gasteiger partial charge >= 0.3 is 0 Å². The van der Waals surface area contributed by atoms with Crippen LogP contribution in [0.5, 0.6) is 0 Å². The number of nitrogens with zero attached hydrogens (tertiary/aromatic N) is 3. The Kier molecular flexibility index (Phi) is 6.22. The second-order valence-electron chi connectivity index (χ2n) is 8.19. The lowest BCUT2D eigenvalue weighted by atomic mass is 9.96.